The Morgan fingerprint density at radius 1 is 1.40 bits per heavy atom. The average molecular weight is 299 g/mol. The zero-order chi connectivity index (χ0) is 15.4. The van der Waals surface area contributed by atoms with Crippen molar-refractivity contribution in [2.24, 2.45) is 5.73 Å². The highest BCUT2D eigenvalue weighted by Gasteiger charge is 2.36. The molecule has 1 aromatic rings. The predicted octanol–water partition coefficient (Wildman–Crippen LogP) is 0.765. The van der Waals surface area contributed by atoms with Gasteiger partial charge in [-0.15, -0.1) is 10.2 Å². The molecule has 0 aliphatic carbocycles. The number of Topliss-reactive ketones (excluding diaryl/α,β-unsaturated/α-hetero) is 1. The number of tetrazole rings is 1. The van der Waals surface area contributed by atoms with Crippen LogP contribution < -0.4 is 5.73 Å². The Kier molecular flexibility index (Phi) is 5.55. The minimum Gasteiger partial charge on any atom is -0.416 e. The molecule has 0 spiro atoms. The van der Waals surface area contributed by atoms with Crippen molar-refractivity contribution in [3.63, 3.8) is 0 Å². The first-order chi connectivity index (χ1) is 9.15. The number of ketones is 1. The number of rotatable bonds is 7. The summed E-state index contributed by atoms with van der Waals surface area (Å²) >= 11 is 0. The lowest BCUT2D eigenvalue weighted by molar-refractivity contribution is -0.118. The monoisotopic (exact) mass is 299 g/mol. The molecule has 1 heterocycles. The summed E-state index contributed by atoms with van der Waals surface area (Å²) in [5.41, 5.74) is 5.24. The van der Waals surface area contributed by atoms with Crippen molar-refractivity contribution in [1.29, 1.82) is 0 Å². The first-order valence-corrected chi connectivity index (χ1v) is 9.69. The van der Waals surface area contributed by atoms with Gasteiger partial charge in [-0.1, -0.05) is 20.8 Å². The number of hydrogen-bond acceptors (Lipinski definition) is 6. The summed E-state index contributed by atoms with van der Waals surface area (Å²) in [4.78, 5) is 12.4. The highest BCUT2D eigenvalue weighted by Crippen LogP contribution is 2.36. The molecule has 0 unspecified atom stereocenters. The molecule has 0 radical (unpaired) electrons. The SMILES string of the molecule is CC(C)(C)[Si](C)(C)OCCc1nnn(CC(=O)CN)n1. The van der Waals surface area contributed by atoms with E-state index in [2.05, 4.69) is 49.3 Å². The van der Waals surface area contributed by atoms with E-state index in [-0.39, 0.29) is 23.9 Å². The normalized spacial score (nSPS) is 12.7. The summed E-state index contributed by atoms with van der Waals surface area (Å²) in [6.45, 7) is 11.7. The van der Waals surface area contributed by atoms with Crippen LogP contribution in [0.3, 0.4) is 0 Å². The van der Waals surface area contributed by atoms with E-state index in [9.17, 15) is 4.79 Å². The van der Waals surface area contributed by atoms with Crippen molar-refractivity contribution in [2.75, 3.05) is 13.2 Å². The van der Waals surface area contributed by atoms with Gasteiger partial charge in [-0.25, -0.2) is 0 Å². The third kappa shape index (κ3) is 4.77. The minimum absolute atomic E-state index is 0.00857. The first kappa shape index (κ1) is 16.9. The van der Waals surface area contributed by atoms with E-state index in [1.807, 2.05) is 0 Å². The Balaban J connectivity index is 2.45. The van der Waals surface area contributed by atoms with Crippen LogP contribution in [0.25, 0.3) is 0 Å². The van der Waals surface area contributed by atoms with Crippen LogP contribution in [0.1, 0.15) is 26.6 Å². The van der Waals surface area contributed by atoms with Crippen LogP contribution in [-0.2, 0) is 22.2 Å². The topological polar surface area (TPSA) is 95.9 Å². The maximum absolute atomic E-state index is 11.2. The first-order valence-electron chi connectivity index (χ1n) is 6.78. The van der Waals surface area contributed by atoms with Crippen LogP contribution in [0.2, 0.25) is 18.1 Å². The molecular weight excluding hydrogens is 274 g/mol. The van der Waals surface area contributed by atoms with Gasteiger partial charge in [0, 0.05) is 13.0 Å². The van der Waals surface area contributed by atoms with E-state index in [1.165, 1.54) is 4.80 Å². The van der Waals surface area contributed by atoms with Gasteiger partial charge in [0.25, 0.3) is 0 Å². The molecule has 0 fully saturated rings. The molecule has 0 amide bonds. The summed E-state index contributed by atoms with van der Waals surface area (Å²) < 4.78 is 6.04. The van der Waals surface area contributed by atoms with Gasteiger partial charge in [-0.2, -0.15) is 4.80 Å². The van der Waals surface area contributed by atoms with Crippen molar-refractivity contribution < 1.29 is 9.22 Å². The number of carbonyl (C=O) groups is 1. The fourth-order valence-corrected chi connectivity index (χ4v) is 2.33. The number of hydrogen-bond donors (Lipinski definition) is 1. The summed E-state index contributed by atoms with van der Waals surface area (Å²) in [7, 11) is -1.74. The molecule has 0 aliphatic rings. The van der Waals surface area contributed by atoms with E-state index in [0.717, 1.165) is 0 Å². The molecule has 2 N–H and O–H groups in total. The zero-order valence-electron chi connectivity index (χ0n) is 13.0. The largest absolute Gasteiger partial charge is 0.416 e. The third-order valence-electron chi connectivity index (χ3n) is 3.63. The lowest BCUT2D eigenvalue weighted by Gasteiger charge is -2.36. The Bertz CT molecular complexity index is 453. The molecule has 0 atom stereocenters. The molecule has 0 aliphatic heterocycles. The third-order valence-corrected chi connectivity index (χ3v) is 8.17. The van der Waals surface area contributed by atoms with Crippen molar-refractivity contribution in [1.82, 2.24) is 20.2 Å². The highest BCUT2D eigenvalue weighted by atomic mass is 28.4. The molecule has 20 heavy (non-hydrogen) atoms. The van der Waals surface area contributed by atoms with Gasteiger partial charge in [0.15, 0.2) is 19.9 Å². The summed E-state index contributed by atoms with van der Waals surface area (Å²) in [6.07, 6.45) is 0.601. The fraction of sp³-hybridized carbons (Fsp3) is 0.833. The van der Waals surface area contributed by atoms with Crippen molar-refractivity contribution in [3.05, 3.63) is 5.82 Å². The fourth-order valence-electron chi connectivity index (χ4n) is 1.28. The van der Waals surface area contributed by atoms with Crippen LogP contribution in [0.5, 0.6) is 0 Å². The number of nitrogens with two attached hydrogens (primary N) is 1. The van der Waals surface area contributed by atoms with Crippen LogP contribution >= 0.6 is 0 Å². The van der Waals surface area contributed by atoms with Crippen LogP contribution in [0.4, 0.5) is 0 Å². The van der Waals surface area contributed by atoms with Gasteiger partial charge in [0.2, 0.25) is 0 Å². The smallest absolute Gasteiger partial charge is 0.191 e. The van der Waals surface area contributed by atoms with Crippen molar-refractivity contribution in [3.8, 4) is 0 Å². The van der Waals surface area contributed by atoms with Gasteiger partial charge in [-0.05, 0) is 23.3 Å². The average Bonchev–Trinajstić information content (AvgIpc) is 2.75. The molecule has 7 nitrogen and oxygen atoms in total. The van der Waals surface area contributed by atoms with E-state index in [1.54, 1.807) is 0 Å². The lowest BCUT2D eigenvalue weighted by Crippen LogP contribution is -2.41. The van der Waals surface area contributed by atoms with Gasteiger partial charge in [0.1, 0.15) is 6.54 Å². The van der Waals surface area contributed by atoms with E-state index in [4.69, 9.17) is 10.2 Å². The second kappa shape index (κ2) is 6.55. The zero-order valence-corrected chi connectivity index (χ0v) is 14.0. The predicted molar refractivity (Wildman–Crippen MR) is 78.7 cm³/mol. The van der Waals surface area contributed by atoms with Gasteiger partial charge in [0.05, 0.1) is 6.54 Å². The molecule has 0 saturated heterocycles. The maximum atomic E-state index is 11.2. The minimum atomic E-state index is -1.74. The lowest BCUT2D eigenvalue weighted by atomic mass is 10.2. The number of carbonyl (C=O) groups excluding carboxylic acids is 1. The molecular formula is C12H25N5O2Si. The van der Waals surface area contributed by atoms with E-state index >= 15 is 0 Å². The molecule has 1 rings (SSSR count). The molecule has 0 saturated carbocycles. The molecule has 1 aromatic heterocycles. The maximum Gasteiger partial charge on any atom is 0.191 e. The van der Waals surface area contributed by atoms with Crippen LogP contribution in [-0.4, -0.2) is 47.5 Å². The van der Waals surface area contributed by atoms with Gasteiger partial charge < -0.3 is 10.2 Å². The van der Waals surface area contributed by atoms with Gasteiger partial charge >= 0.3 is 0 Å². The van der Waals surface area contributed by atoms with Crippen molar-refractivity contribution in [2.45, 2.75) is 51.9 Å². The Morgan fingerprint density at radius 3 is 2.60 bits per heavy atom. The molecule has 0 aromatic carbocycles. The summed E-state index contributed by atoms with van der Waals surface area (Å²) in [5.74, 6) is 0.472. The number of nitrogens with zero attached hydrogens (tertiary/aromatic N) is 4. The molecule has 114 valence electrons. The molecule has 8 heteroatoms. The summed E-state index contributed by atoms with van der Waals surface area (Å²) in [6, 6.07) is 0. The Morgan fingerprint density at radius 2 is 2.05 bits per heavy atom. The summed E-state index contributed by atoms with van der Waals surface area (Å²) in [5, 5.41) is 12.1. The highest BCUT2D eigenvalue weighted by molar-refractivity contribution is 6.74. The van der Waals surface area contributed by atoms with Crippen LogP contribution in [0, 0.1) is 0 Å². The standard InChI is InChI=1S/C12H25N5O2Si/c1-12(2,3)20(4,5)19-7-6-11-14-16-17(15-11)9-10(18)8-13/h6-9,13H2,1-5H3. The molecule has 0 bridgehead atoms. The van der Waals surface area contributed by atoms with Crippen molar-refractivity contribution >= 4 is 14.1 Å². The van der Waals surface area contributed by atoms with E-state index < -0.39 is 8.32 Å². The second-order valence-corrected chi connectivity index (χ2v) is 11.1. The van der Waals surface area contributed by atoms with Crippen LogP contribution in [0.15, 0.2) is 0 Å². The Hall–Kier alpha value is -1.12. The van der Waals surface area contributed by atoms with E-state index in [0.29, 0.717) is 18.9 Å². The Labute approximate surface area is 121 Å². The van der Waals surface area contributed by atoms with Gasteiger partial charge in [-0.3, -0.25) is 4.79 Å². The number of aromatic nitrogens is 4. The quantitative estimate of drug-likeness (QED) is 0.747. The second-order valence-electron chi connectivity index (χ2n) is 6.34.